The van der Waals surface area contributed by atoms with Crippen LogP contribution in [0.1, 0.15) is 39.0 Å². The second kappa shape index (κ2) is 3.86. The zero-order valence-corrected chi connectivity index (χ0v) is 7.14. The van der Waals surface area contributed by atoms with E-state index in [-0.39, 0.29) is 6.10 Å². The molecule has 0 aromatic rings. The summed E-state index contributed by atoms with van der Waals surface area (Å²) in [6, 6.07) is 0. The average molecular weight is 155 g/mol. The number of hydrogen-bond donors (Lipinski definition) is 2. The van der Waals surface area contributed by atoms with Gasteiger partial charge >= 0.3 is 0 Å². The molecule has 0 amide bonds. The Morgan fingerprint density at radius 1 is 1.27 bits per heavy atom. The molecule has 0 saturated heterocycles. The lowest BCUT2D eigenvalue weighted by Crippen LogP contribution is -2.09. The van der Waals surface area contributed by atoms with Crippen molar-refractivity contribution in [2.24, 2.45) is 5.92 Å². The van der Waals surface area contributed by atoms with Crippen LogP contribution in [-0.2, 0) is 0 Å². The molecule has 0 heterocycles. The van der Waals surface area contributed by atoms with Crippen molar-refractivity contribution in [3.05, 3.63) is 0 Å². The van der Waals surface area contributed by atoms with Gasteiger partial charge in [0.2, 0.25) is 0 Å². The van der Waals surface area contributed by atoms with Crippen LogP contribution in [0.2, 0.25) is 0 Å². The van der Waals surface area contributed by atoms with E-state index in [2.05, 4.69) is 0 Å². The van der Waals surface area contributed by atoms with Crippen LogP contribution in [0.5, 0.6) is 0 Å². The van der Waals surface area contributed by atoms with Crippen molar-refractivity contribution in [1.29, 1.82) is 5.41 Å². The molecule has 0 aromatic carbocycles. The topological polar surface area (TPSA) is 44.1 Å². The highest BCUT2D eigenvalue weighted by Crippen LogP contribution is 2.23. The molecule has 2 unspecified atom stereocenters. The maximum atomic E-state index is 9.32. The van der Waals surface area contributed by atoms with E-state index in [0.717, 1.165) is 37.8 Å². The minimum Gasteiger partial charge on any atom is -0.393 e. The Hall–Kier alpha value is -0.370. The largest absolute Gasteiger partial charge is 0.393 e. The van der Waals surface area contributed by atoms with Crippen LogP contribution in [0.4, 0.5) is 0 Å². The Kier molecular flexibility index (Phi) is 3.06. The molecule has 64 valence electrons. The number of aliphatic hydroxyl groups excluding tert-OH is 1. The summed E-state index contributed by atoms with van der Waals surface area (Å²) in [7, 11) is 0. The van der Waals surface area contributed by atoms with Gasteiger partial charge in [0, 0.05) is 5.71 Å². The van der Waals surface area contributed by atoms with E-state index < -0.39 is 0 Å². The first kappa shape index (κ1) is 8.72. The SMILES string of the molecule is CC(=N)C1CCCC(O)CC1. The highest BCUT2D eigenvalue weighted by atomic mass is 16.3. The van der Waals surface area contributed by atoms with Crippen LogP contribution in [-0.4, -0.2) is 16.9 Å². The molecule has 1 aliphatic carbocycles. The Labute approximate surface area is 68.1 Å². The maximum Gasteiger partial charge on any atom is 0.0540 e. The molecule has 2 N–H and O–H groups in total. The lowest BCUT2D eigenvalue weighted by atomic mass is 9.96. The van der Waals surface area contributed by atoms with Crippen molar-refractivity contribution in [1.82, 2.24) is 0 Å². The van der Waals surface area contributed by atoms with Crippen molar-refractivity contribution in [2.75, 3.05) is 0 Å². The van der Waals surface area contributed by atoms with Gasteiger partial charge in [-0.3, -0.25) is 0 Å². The lowest BCUT2D eigenvalue weighted by Gasteiger charge is -2.10. The smallest absolute Gasteiger partial charge is 0.0540 e. The van der Waals surface area contributed by atoms with Crippen LogP contribution in [0.15, 0.2) is 0 Å². The first-order valence-corrected chi connectivity index (χ1v) is 4.43. The van der Waals surface area contributed by atoms with Crippen molar-refractivity contribution < 1.29 is 5.11 Å². The summed E-state index contributed by atoms with van der Waals surface area (Å²) in [6.07, 6.45) is 4.93. The first-order chi connectivity index (χ1) is 5.20. The molecule has 1 fully saturated rings. The quantitative estimate of drug-likeness (QED) is 0.441. The fraction of sp³-hybridized carbons (Fsp3) is 0.889. The number of aliphatic hydroxyl groups is 1. The van der Waals surface area contributed by atoms with Gasteiger partial charge in [0.15, 0.2) is 0 Å². The van der Waals surface area contributed by atoms with Crippen molar-refractivity contribution in [2.45, 2.75) is 45.1 Å². The molecule has 1 saturated carbocycles. The van der Waals surface area contributed by atoms with E-state index in [0.29, 0.717) is 5.92 Å². The second-order valence-electron chi connectivity index (χ2n) is 3.54. The van der Waals surface area contributed by atoms with E-state index >= 15 is 0 Å². The van der Waals surface area contributed by atoms with Gasteiger partial charge in [0.1, 0.15) is 0 Å². The third-order valence-electron chi connectivity index (χ3n) is 2.55. The zero-order chi connectivity index (χ0) is 8.27. The third-order valence-corrected chi connectivity index (χ3v) is 2.55. The highest BCUT2D eigenvalue weighted by Gasteiger charge is 2.17. The molecule has 11 heavy (non-hydrogen) atoms. The molecule has 0 bridgehead atoms. The summed E-state index contributed by atoms with van der Waals surface area (Å²) in [5.41, 5.74) is 0.791. The molecular weight excluding hydrogens is 138 g/mol. The molecule has 0 radical (unpaired) electrons. The fourth-order valence-electron chi connectivity index (χ4n) is 1.72. The van der Waals surface area contributed by atoms with Crippen LogP contribution in [0.25, 0.3) is 0 Å². The molecule has 0 spiro atoms. The minimum absolute atomic E-state index is 0.0978. The zero-order valence-electron chi connectivity index (χ0n) is 7.14. The summed E-state index contributed by atoms with van der Waals surface area (Å²) >= 11 is 0. The van der Waals surface area contributed by atoms with E-state index in [1.54, 1.807) is 0 Å². The van der Waals surface area contributed by atoms with E-state index in [4.69, 9.17) is 5.41 Å². The average Bonchev–Trinajstić information content (AvgIpc) is 2.13. The fourth-order valence-corrected chi connectivity index (χ4v) is 1.72. The molecule has 2 atom stereocenters. The summed E-state index contributed by atoms with van der Waals surface area (Å²) in [5, 5.41) is 16.8. The van der Waals surface area contributed by atoms with Gasteiger partial charge in [-0.2, -0.15) is 0 Å². The standard InChI is InChI=1S/C9H17NO/c1-7(10)8-3-2-4-9(11)6-5-8/h8-11H,2-6H2,1H3. The predicted molar refractivity (Wildman–Crippen MR) is 46.0 cm³/mol. The van der Waals surface area contributed by atoms with E-state index in [9.17, 15) is 5.11 Å². The van der Waals surface area contributed by atoms with Gasteiger partial charge in [-0.15, -0.1) is 0 Å². The molecule has 2 heteroatoms. The Morgan fingerprint density at radius 2 is 2.00 bits per heavy atom. The number of rotatable bonds is 1. The van der Waals surface area contributed by atoms with Gasteiger partial charge in [0.05, 0.1) is 6.10 Å². The van der Waals surface area contributed by atoms with E-state index in [1.165, 1.54) is 0 Å². The van der Waals surface area contributed by atoms with Crippen LogP contribution in [0.3, 0.4) is 0 Å². The Morgan fingerprint density at radius 3 is 2.64 bits per heavy atom. The van der Waals surface area contributed by atoms with Crippen LogP contribution in [0, 0.1) is 11.3 Å². The molecule has 1 aliphatic rings. The summed E-state index contributed by atoms with van der Waals surface area (Å²) in [4.78, 5) is 0. The number of nitrogens with one attached hydrogen (secondary N) is 1. The monoisotopic (exact) mass is 155 g/mol. The van der Waals surface area contributed by atoms with Crippen LogP contribution >= 0.6 is 0 Å². The van der Waals surface area contributed by atoms with Crippen molar-refractivity contribution in [3.63, 3.8) is 0 Å². The molecular formula is C9H17NO. The molecule has 0 aliphatic heterocycles. The minimum atomic E-state index is -0.0978. The van der Waals surface area contributed by atoms with Gasteiger partial charge in [-0.1, -0.05) is 6.42 Å². The van der Waals surface area contributed by atoms with Gasteiger partial charge in [-0.05, 0) is 38.5 Å². The highest BCUT2D eigenvalue weighted by molar-refractivity contribution is 5.81. The Bertz CT molecular complexity index is 144. The van der Waals surface area contributed by atoms with Gasteiger partial charge in [0.25, 0.3) is 0 Å². The lowest BCUT2D eigenvalue weighted by molar-refractivity contribution is 0.157. The number of hydrogen-bond acceptors (Lipinski definition) is 2. The normalized spacial score (nSPS) is 32.9. The molecule has 0 aromatic heterocycles. The molecule has 2 nitrogen and oxygen atoms in total. The van der Waals surface area contributed by atoms with Crippen molar-refractivity contribution in [3.8, 4) is 0 Å². The summed E-state index contributed by atoms with van der Waals surface area (Å²) in [6.45, 7) is 1.88. The van der Waals surface area contributed by atoms with E-state index in [1.807, 2.05) is 6.92 Å². The van der Waals surface area contributed by atoms with Crippen LogP contribution < -0.4 is 0 Å². The van der Waals surface area contributed by atoms with Gasteiger partial charge in [-0.25, -0.2) is 0 Å². The summed E-state index contributed by atoms with van der Waals surface area (Å²) < 4.78 is 0. The third kappa shape index (κ3) is 2.62. The van der Waals surface area contributed by atoms with Gasteiger partial charge < -0.3 is 10.5 Å². The second-order valence-corrected chi connectivity index (χ2v) is 3.54. The van der Waals surface area contributed by atoms with Crippen molar-refractivity contribution >= 4 is 5.71 Å². The summed E-state index contributed by atoms with van der Waals surface area (Å²) in [5.74, 6) is 0.451. The molecule has 1 rings (SSSR count). The predicted octanol–water partition coefficient (Wildman–Crippen LogP) is 1.97. The first-order valence-electron chi connectivity index (χ1n) is 4.43. The Balaban J connectivity index is 2.40. The maximum absolute atomic E-state index is 9.32.